The summed E-state index contributed by atoms with van der Waals surface area (Å²) in [7, 11) is 4.22. The molecule has 130 valence electrons. The Balaban J connectivity index is 2.39. The molecular formula is C17H35N3O2. The maximum Gasteiger partial charge on any atom is 0.407 e. The average Bonchev–Trinajstić information content (AvgIpc) is 2.79. The van der Waals surface area contributed by atoms with Gasteiger partial charge in [0.25, 0.3) is 0 Å². The highest BCUT2D eigenvalue weighted by molar-refractivity contribution is 5.67. The highest BCUT2D eigenvalue weighted by Gasteiger charge is 2.30. The van der Waals surface area contributed by atoms with Crippen LogP contribution in [0.2, 0.25) is 0 Å². The molecule has 2 atom stereocenters. The number of alkyl carbamates (subject to hydrolysis) is 1. The van der Waals surface area contributed by atoms with Crippen LogP contribution in [0.25, 0.3) is 0 Å². The molecule has 0 aromatic carbocycles. The van der Waals surface area contributed by atoms with E-state index >= 15 is 0 Å². The molecule has 2 N–H and O–H groups in total. The fraction of sp³-hybridized carbons (Fsp3) is 0.941. The van der Waals surface area contributed by atoms with Crippen molar-refractivity contribution in [3.8, 4) is 0 Å². The van der Waals surface area contributed by atoms with Gasteiger partial charge in [-0.25, -0.2) is 4.79 Å². The van der Waals surface area contributed by atoms with Crippen LogP contribution in [0.1, 0.15) is 53.9 Å². The van der Waals surface area contributed by atoms with Gasteiger partial charge in [-0.1, -0.05) is 6.42 Å². The molecule has 0 aliphatic heterocycles. The van der Waals surface area contributed by atoms with Crippen molar-refractivity contribution in [2.45, 2.75) is 71.1 Å². The van der Waals surface area contributed by atoms with Gasteiger partial charge in [0.15, 0.2) is 0 Å². The zero-order valence-electron chi connectivity index (χ0n) is 15.5. The summed E-state index contributed by atoms with van der Waals surface area (Å²) < 4.78 is 5.30. The van der Waals surface area contributed by atoms with E-state index in [-0.39, 0.29) is 11.6 Å². The highest BCUT2D eigenvalue weighted by atomic mass is 16.6. The Hall–Kier alpha value is -0.810. The summed E-state index contributed by atoms with van der Waals surface area (Å²) in [6.45, 7) is 11.8. The molecule has 5 heteroatoms. The topological polar surface area (TPSA) is 53.6 Å². The second kappa shape index (κ2) is 7.64. The molecule has 1 amide bonds. The average molecular weight is 313 g/mol. The lowest BCUT2D eigenvalue weighted by molar-refractivity contribution is 0.0516. The first-order chi connectivity index (χ1) is 10.0. The minimum absolute atomic E-state index is 0.131. The molecule has 0 heterocycles. The Kier molecular flexibility index (Phi) is 6.68. The predicted octanol–water partition coefficient (Wildman–Crippen LogP) is 2.61. The van der Waals surface area contributed by atoms with Crippen molar-refractivity contribution < 1.29 is 9.53 Å². The van der Waals surface area contributed by atoms with E-state index in [0.717, 1.165) is 13.0 Å². The van der Waals surface area contributed by atoms with Crippen LogP contribution in [-0.4, -0.2) is 55.4 Å². The van der Waals surface area contributed by atoms with Gasteiger partial charge in [0.2, 0.25) is 0 Å². The van der Waals surface area contributed by atoms with Crippen LogP contribution in [0.4, 0.5) is 4.79 Å². The van der Waals surface area contributed by atoms with Gasteiger partial charge in [0.1, 0.15) is 5.60 Å². The first-order valence-corrected chi connectivity index (χ1v) is 8.39. The summed E-state index contributed by atoms with van der Waals surface area (Å²) in [5, 5.41) is 6.61. The third-order valence-corrected chi connectivity index (χ3v) is 4.57. The molecule has 0 aromatic rings. The maximum absolute atomic E-state index is 11.8. The minimum Gasteiger partial charge on any atom is -0.444 e. The van der Waals surface area contributed by atoms with Crippen molar-refractivity contribution in [1.29, 1.82) is 0 Å². The summed E-state index contributed by atoms with van der Waals surface area (Å²) >= 11 is 0. The molecule has 0 bridgehead atoms. The molecule has 1 aliphatic rings. The van der Waals surface area contributed by atoms with Crippen molar-refractivity contribution >= 4 is 6.09 Å². The monoisotopic (exact) mass is 313 g/mol. The van der Waals surface area contributed by atoms with Gasteiger partial charge < -0.3 is 20.3 Å². The highest BCUT2D eigenvalue weighted by Crippen LogP contribution is 2.25. The number of hydrogen-bond donors (Lipinski definition) is 2. The van der Waals surface area contributed by atoms with E-state index in [0.29, 0.717) is 18.5 Å². The van der Waals surface area contributed by atoms with Gasteiger partial charge in [0.05, 0.1) is 0 Å². The number of carbonyl (C=O) groups excluding carboxylic acids is 1. The summed E-state index contributed by atoms with van der Waals surface area (Å²) in [4.78, 5) is 14.0. The largest absolute Gasteiger partial charge is 0.444 e. The second-order valence-electron chi connectivity index (χ2n) is 8.27. The number of hydrogen-bond acceptors (Lipinski definition) is 4. The third-order valence-electron chi connectivity index (χ3n) is 4.57. The molecule has 5 nitrogen and oxygen atoms in total. The van der Waals surface area contributed by atoms with Crippen LogP contribution in [-0.2, 0) is 4.74 Å². The smallest absolute Gasteiger partial charge is 0.407 e. The van der Waals surface area contributed by atoms with Gasteiger partial charge >= 0.3 is 6.09 Å². The molecule has 0 spiro atoms. The lowest BCUT2D eigenvalue weighted by Crippen LogP contribution is -2.50. The van der Waals surface area contributed by atoms with Gasteiger partial charge in [-0.15, -0.1) is 0 Å². The van der Waals surface area contributed by atoms with E-state index < -0.39 is 5.60 Å². The van der Waals surface area contributed by atoms with Crippen LogP contribution in [0.3, 0.4) is 0 Å². The summed E-state index contributed by atoms with van der Waals surface area (Å²) in [6, 6.07) is 0.481. The summed E-state index contributed by atoms with van der Waals surface area (Å²) in [5.41, 5.74) is -0.307. The fourth-order valence-electron chi connectivity index (χ4n) is 2.62. The zero-order valence-corrected chi connectivity index (χ0v) is 15.5. The molecule has 1 fully saturated rings. The Morgan fingerprint density at radius 2 is 1.82 bits per heavy atom. The first-order valence-electron chi connectivity index (χ1n) is 8.39. The van der Waals surface area contributed by atoms with E-state index in [1.165, 1.54) is 12.8 Å². The normalized spacial score (nSPS) is 22.9. The van der Waals surface area contributed by atoms with E-state index in [4.69, 9.17) is 4.74 Å². The maximum atomic E-state index is 11.8. The predicted molar refractivity (Wildman–Crippen MR) is 91.1 cm³/mol. The quantitative estimate of drug-likeness (QED) is 0.791. The number of amides is 1. The summed E-state index contributed by atoms with van der Waals surface area (Å²) in [5.74, 6) is 0.491. The molecule has 0 radical (unpaired) electrons. The van der Waals surface area contributed by atoms with E-state index in [2.05, 4.69) is 43.5 Å². The summed E-state index contributed by atoms with van der Waals surface area (Å²) in [6.07, 6.45) is 3.26. The Morgan fingerprint density at radius 3 is 2.36 bits per heavy atom. The zero-order chi connectivity index (χ0) is 17.0. The number of ether oxygens (including phenoxy) is 1. The molecule has 1 aliphatic carbocycles. The number of nitrogens with zero attached hydrogens (tertiary/aromatic N) is 1. The molecule has 0 aromatic heterocycles. The van der Waals surface area contributed by atoms with E-state index in [9.17, 15) is 4.79 Å². The van der Waals surface area contributed by atoms with Crippen LogP contribution >= 0.6 is 0 Å². The Morgan fingerprint density at radius 1 is 1.18 bits per heavy atom. The van der Waals surface area contributed by atoms with Crippen molar-refractivity contribution in [2.75, 3.05) is 27.2 Å². The molecule has 0 saturated heterocycles. The van der Waals surface area contributed by atoms with Crippen molar-refractivity contribution in [1.82, 2.24) is 15.5 Å². The molecular weight excluding hydrogens is 278 g/mol. The second-order valence-corrected chi connectivity index (χ2v) is 8.27. The molecule has 22 heavy (non-hydrogen) atoms. The van der Waals surface area contributed by atoms with Gasteiger partial charge in [-0.3, -0.25) is 0 Å². The van der Waals surface area contributed by atoms with Crippen LogP contribution in [0.5, 0.6) is 0 Å². The lowest BCUT2D eigenvalue weighted by Gasteiger charge is -2.35. The van der Waals surface area contributed by atoms with E-state index in [1.807, 2.05) is 20.8 Å². The number of rotatable bonds is 6. The van der Waals surface area contributed by atoms with Crippen LogP contribution in [0.15, 0.2) is 0 Å². The number of likely N-dealkylation sites (N-methyl/N-ethyl adjacent to an activating group) is 1. The van der Waals surface area contributed by atoms with Crippen molar-refractivity contribution in [3.05, 3.63) is 0 Å². The van der Waals surface area contributed by atoms with Gasteiger partial charge in [0, 0.05) is 24.7 Å². The number of nitrogens with one attached hydrogen (secondary N) is 2. The fourth-order valence-corrected chi connectivity index (χ4v) is 2.62. The third kappa shape index (κ3) is 6.53. The Bertz CT molecular complexity index is 361. The standard InChI is InChI=1S/C17H35N3O2/c1-16(2,3)22-15(21)18-11-13-9-8-10-14(13)19-12-17(4,5)20(6)7/h13-14,19H,8-12H2,1-7H3,(H,18,21). The van der Waals surface area contributed by atoms with E-state index in [1.54, 1.807) is 0 Å². The van der Waals surface area contributed by atoms with Gasteiger partial charge in [-0.05, 0) is 67.5 Å². The molecule has 1 saturated carbocycles. The molecule has 2 unspecified atom stereocenters. The van der Waals surface area contributed by atoms with Crippen LogP contribution in [0, 0.1) is 5.92 Å². The first kappa shape index (κ1) is 19.2. The van der Waals surface area contributed by atoms with Crippen LogP contribution < -0.4 is 10.6 Å². The molecule has 1 rings (SSSR count). The van der Waals surface area contributed by atoms with Crippen molar-refractivity contribution in [2.24, 2.45) is 5.92 Å². The minimum atomic E-state index is -0.437. The SMILES string of the molecule is CN(C)C(C)(C)CNC1CCCC1CNC(=O)OC(C)(C)C. The lowest BCUT2D eigenvalue weighted by atomic mass is 10.00. The van der Waals surface area contributed by atoms with Crippen molar-refractivity contribution in [3.63, 3.8) is 0 Å². The Labute approximate surface area is 136 Å². The number of carbonyl (C=O) groups is 1. The van der Waals surface area contributed by atoms with Gasteiger partial charge in [-0.2, -0.15) is 0 Å².